The van der Waals surface area contributed by atoms with E-state index in [2.05, 4.69) is 25.3 Å². The molecule has 3 amide bonds. The van der Waals surface area contributed by atoms with Crippen molar-refractivity contribution in [1.82, 2.24) is 20.8 Å². The first-order chi connectivity index (χ1) is 13.4. The van der Waals surface area contributed by atoms with Crippen LogP contribution in [-0.4, -0.2) is 22.1 Å². The van der Waals surface area contributed by atoms with E-state index < -0.39 is 34.9 Å². The number of urea groups is 1. The number of aromatic nitrogens is 2. The molecular weight excluding hydrogens is 374 g/mol. The maximum Gasteiger partial charge on any atom is 0.438 e. The van der Waals surface area contributed by atoms with Crippen molar-refractivity contribution in [3.8, 4) is 11.1 Å². The van der Waals surface area contributed by atoms with Gasteiger partial charge in [0.1, 0.15) is 11.6 Å². The highest BCUT2D eigenvalue weighted by molar-refractivity contribution is 6.13. The van der Waals surface area contributed by atoms with Gasteiger partial charge in [-0.2, -0.15) is 0 Å². The standard InChI is InChI=1S/C18H10F2N4O4/c19-8-1-2-10-11(5-8)18(15(25)22-16(26)23-18)12-6-9(20)3-7(14(10)12)4-13-21-17(27)28-24-13/h1-3,5-6H,4H2,(H,21,24,27)(H2,22,23,25,26). The van der Waals surface area contributed by atoms with Gasteiger partial charge in [-0.05, 0) is 41.0 Å². The lowest BCUT2D eigenvalue weighted by Crippen LogP contribution is -2.43. The minimum Gasteiger partial charge on any atom is -0.316 e. The molecule has 2 aliphatic rings. The van der Waals surface area contributed by atoms with Crippen molar-refractivity contribution >= 4 is 11.9 Å². The van der Waals surface area contributed by atoms with E-state index in [1.54, 1.807) is 0 Å². The third-order valence-electron chi connectivity index (χ3n) is 4.96. The highest BCUT2D eigenvalue weighted by atomic mass is 19.1. The summed E-state index contributed by atoms with van der Waals surface area (Å²) >= 11 is 0. The van der Waals surface area contributed by atoms with E-state index in [0.29, 0.717) is 16.7 Å². The first-order valence-electron chi connectivity index (χ1n) is 8.20. The van der Waals surface area contributed by atoms with E-state index >= 15 is 0 Å². The molecule has 2 heterocycles. The number of benzene rings is 2. The number of hydrogen-bond acceptors (Lipinski definition) is 5. The summed E-state index contributed by atoms with van der Waals surface area (Å²) in [7, 11) is 0. The van der Waals surface area contributed by atoms with Crippen LogP contribution in [0.15, 0.2) is 39.6 Å². The molecule has 1 spiro atoms. The smallest absolute Gasteiger partial charge is 0.316 e. The minimum absolute atomic E-state index is 0.00566. The summed E-state index contributed by atoms with van der Waals surface area (Å²) in [6.07, 6.45) is -0.00566. The Labute approximate surface area is 154 Å². The largest absolute Gasteiger partial charge is 0.438 e. The Kier molecular flexibility index (Phi) is 3.12. The van der Waals surface area contributed by atoms with Crippen LogP contribution < -0.4 is 16.4 Å². The number of aromatic amines is 1. The first kappa shape index (κ1) is 16.4. The molecule has 0 saturated carbocycles. The lowest BCUT2D eigenvalue weighted by atomic mass is 9.87. The molecule has 140 valence electrons. The molecule has 1 saturated heterocycles. The van der Waals surface area contributed by atoms with Crippen LogP contribution in [0.4, 0.5) is 13.6 Å². The zero-order valence-electron chi connectivity index (χ0n) is 13.9. The number of halogens is 2. The molecule has 3 N–H and O–H groups in total. The molecule has 28 heavy (non-hydrogen) atoms. The van der Waals surface area contributed by atoms with Gasteiger partial charge in [0.25, 0.3) is 5.91 Å². The van der Waals surface area contributed by atoms with Crippen molar-refractivity contribution in [1.29, 1.82) is 0 Å². The number of nitrogens with zero attached hydrogens (tertiary/aromatic N) is 1. The SMILES string of the molecule is O=C1NC(=O)C2(N1)c1cc(F)ccc1-c1c(Cc3noc(=O)[nH]3)cc(F)cc12. The molecule has 1 unspecified atom stereocenters. The third kappa shape index (κ3) is 2.08. The van der Waals surface area contributed by atoms with Gasteiger partial charge in [-0.15, -0.1) is 0 Å². The van der Waals surface area contributed by atoms with Gasteiger partial charge in [-0.1, -0.05) is 11.2 Å². The third-order valence-corrected chi connectivity index (χ3v) is 4.96. The molecule has 2 aromatic carbocycles. The average Bonchev–Trinajstić information content (AvgIpc) is 3.25. The molecule has 8 nitrogen and oxygen atoms in total. The quantitative estimate of drug-likeness (QED) is 0.576. The van der Waals surface area contributed by atoms with Crippen LogP contribution in [0.3, 0.4) is 0 Å². The number of carbonyl (C=O) groups is 2. The number of amides is 3. The number of carbonyl (C=O) groups excluding carboxylic acids is 2. The van der Waals surface area contributed by atoms with Crippen molar-refractivity contribution in [2.75, 3.05) is 0 Å². The van der Waals surface area contributed by atoms with Crippen molar-refractivity contribution in [2.45, 2.75) is 12.0 Å². The van der Waals surface area contributed by atoms with E-state index in [1.807, 2.05) is 0 Å². The molecule has 1 aliphatic heterocycles. The van der Waals surface area contributed by atoms with Gasteiger partial charge in [0.15, 0.2) is 11.4 Å². The number of hydrogen-bond donors (Lipinski definition) is 3. The summed E-state index contributed by atoms with van der Waals surface area (Å²) in [4.78, 5) is 38.2. The predicted molar refractivity (Wildman–Crippen MR) is 89.2 cm³/mol. The normalized spacial score (nSPS) is 19.5. The lowest BCUT2D eigenvalue weighted by molar-refractivity contribution is -0.122. The highest BCUT2D eigenvalue weighted by Gasteiger charge is 2.55. The van der Waals surface area contributed by atoms with Crippen LogP contribution in [0.5, 0.6) is 0 Å². The Morgan fingerprint density at radius 2 is 1.82 bits per heavy atom. The van der Waals surface area contributed by atoms with Crippen LogP contribution in [-0.2, 0) is 16.8 Å². The fraction of sp³-hybridized carbons (Fsp3) is 0.111. The Hall–Kier alpha value is -3.82. The van der Waals surface area contributed by atoms with Crippen LogP contribution in [0.25, 0.3) is 11.1 Å². The number of rotatable bonds is 2. The Morgan fingerprint density at radius 1 is 1.04 bits per heavy atom. The summed E-state index contributed by atoms with van der Waals surface area (Å²) in [5.41, 5.74) is -0.0492. The van der Waals surface area contributed by atoms with E-state index in [4.69, 9.17) is 0 Å². The number of fused-ring (bicyclic) bond motifs is 5. The van der Waals surface area contributed by atoms with Crippen LogP contribution >= 0.6 is 0 Å². The monoisotopic (exact) mass is 384 g/mol. The van der Waals surface area contributed by atoms with Crippen molar-refractivity contribution in [3.63, 3.8) is 0 Å². The van der Waals surface area contributed by atoms with Crippen molar-refractivity contribution in [3.05, 3.63) is 75.0 Å². The van der Waals surface area contributed by atoms with E-state index in [0.717, 1.165) is 12.1 Å². The highest BCUT2D eigenvalue weighted by Crippen LogP contribution is 2.51. The van der Waals surface area contributed by atoms with E-state index in [9.17, 15) is 23.2 Å². The first-order valence-corrected chi connectivity index (χ1v) is 8.20. The summed E-state index contributed by atoms with van der Waals surface area (Å²) < 4.78 is 32.9. The molecule has 1 atom stereocenters. The van der Waals surface area contributed by atoms with Gasteiger partial charge in [-0.3, -0.25) is 19.6 Å². The maximum absolute atomic E-state index is 14.5. The minimum atomic E-state index is -1.74. The molecule has 1 fully saturated rings. The summed E-state index contributed by atoms with van der Waals surface area (Å²) in [5, 5.41) is 8.23. The van der Waals surface area contributed by atoms with Gasteiger partial charge >= 0.3 is 11.8 Å². The second-order valence-electron chi connectivity index (χ2n) is 6.55. The molecular formula is C18H10F2N4O4. The average molecular weight is 384 g/mol. The molecule has 3 aromatic rings. The second kappa shape index (κ2) is 5.35. The van der Waals surface area contributed by atoms with Gasteiger partial charge in [0.2, 0.25) is 0 Å². The molecule has 1 aliphatic carbocycles. The zero-order valence-corrected chi connectivity index (χ0v) is 13.9. The van der Waals surface area contributed by atoms with Crippen LogP contribution in [0.2, 0.25) is 0 Å². The van der Waals surface area contributed by atoms with Gasteiger partial charge in [0, 0.05) is 17.5 Å². The summed E-state index contributed by atoms with van der Waals surface area (Å²) in [6.45, 7) is 0. The maximum atomic E-state index is 14.5. The van der Waals surface area contributed by atoms with Gasteiger partial charge < -0.3 is 5.32 Å². The molecule has 1 aromatic heterocycles. The number of H-pyrrole nitrogens is 1. The second-order valence-corrected chi connectivity index (χ2v) is 6.55. The molecule has 5 rings (SSSR count). The molecule has 0 radical (unpaired) electrons. The Morgan fingerprint density at radius 3 is 2.50 bits per heavy atom. The van der Waals surface area contributed by atoms with Gasteiger partial charge in [-0.25, -0.2) is 18.4 Å². The predicted octanol–water partition coefficient (Wildman–Crippen LogP) is 1.30. The van der Waals surface area contributed by atoms with Crippen molar-refractivity contribution in [2.24, 2.45) is 0 Å². The lowest BCUT2D eigenvalue weighted by Gasteiger charge is -2.23. The Bertz CT molecular complexity index is 1250. The molecule has 0 bridgehead atoms. The Balaban J connectivity index is 1.81. The summed E-state index contributed by atoms with van der Waals surface area (Å²) in [6, 6.07) is 5.41. The fourth-order valence-corrected chi connectivity index (χ4v) is 3.96. The van der Waals surface area contributed by atoms with Crippen molar-refractivity contribution < 1.29 is 22.9 Å². The van der Waals surface area contributed by atoms with E-state index in [1.165, 1.54) is 18.2 Å². The van der Waals surface area contributed by atoms with E-state index in [-0.39, 0.29) is 23.4 Å². The van der Waals surface area contributed by atoms with Crippen LogP contribution in [0.1, 0.15) is 22.5 Å². The topological polar surface area (TPSA) is 117 Å². The summed E-state index contributed by atoms with van der Waals surface area (Å²) in [5.74, 6) is -2.61. The zero-order chi connectivity index (χ0) is 19.6. The number of nitrogens with one attached hydrogen (secondary N) is 3. The molecule has 10 heteroatoms. The van der Waals surface area contributed by atoms with Crippen LogP contribution in [0, 0.1) is 11.6 Å². The van der Waals surface area contributed by atoms with Gasteiger partial charge in [0.05, 0.1) is 0 Å². The number of imide groups is 1. The fourth-order valence-electron chi connectivity index (χ4n) is 3.96.